The maximum atomic E-state index is 13.3. The highest BCUT2D eigenvalue weighted by Crippen LogP contribution is 2.36. The Kier molecular flexibility index (Phi) is 5.72. The molecule has 0 spiro atoms. The van der Waals surface area contributed by atoms with E-state index in [4.69, 9.17) is 9.15 Å². The zero-order valence-corrected chi connectivity index (χ0v) is 20.3. The van der Waals surface area contributed by atoms with Crippen LogP contribution in [0.4, 0.5) is 20.4 Å². The molecular formula is C24H20N6O5S. The Morgan fingerprint density at radius 3 is 2.61 bits per heavy atom. The summed E-state index contributed by atoms with van der Waals surface area (Å²) in [5.74, 6) is 0.618. The minimum atomic E-state index is -1.21. The summed E-state index contributed by atoms with van der Waals surface area (Å²) in [7, 11) is 0. The van der Waals surface area contributed by atoms with Crippen LogP contribution in [-0.2, 0) is 4.74 Å². The minimum absolute atomic E-state index is 0.286. The van der Waals surface area contributed by atoms with E-state index in [0.717, 1.165) is 15.8 Å². The molecule has 0 aliphatic heterocycles. The van der Waals surface area contributed by atoms with Crippen molar-refractivity contribution in [1.82, 2.24) is 25.0 Å². The molecule has 0 unspecified atom stereocenters. The fraction of sp³-hybridized carbons (Fsp3) is 0.167. The van der Waals surface area contributed by atoms with Crippen LogP contribution < -0.4 is 4.90 Å². The van der Waals surface area contributed by atoms with E-state index in [2.05, 4.69) is 20.3 Å². The Balaban J connectivity index is 1.55. The number of hydrogen-bond donors (Lipinski definition) is 1. The molecule has 0 saturated carbocycles. The molecule has 3 heterocycles. The second kappa shape index (κ2) is 8.89. The molecule has 0 saturated heterocycles. The Morgan fingerprint density at radius 1 is 1.08 bits per heavy atom. The van der Waals surface area contributed by atoms with Gasteiger partial charge in [-0.25, -0.2) is 19.5 Å². The van der Waals surface area contributed by atoms with E-state index in [0.29, 0.717) is 27.4 Å². The third-order valence-corrected chi connectivity index (χ3v) is 5.96. The molecule has 0 atom stereocenters. The molecule has 0 radical (unpaired) electrons. The van der Waals surface area contributed by atoms with Crippen molar-refractivity contribution >= 4 is 45.2 Å². The van der Waals surface area contributed by atoms with Crippen LogP contribution in [0.2, 0.25) is 0 Å². The molecule has 0 aliphatic carbocycles. The maximum absolute atomic E-state index is 13.3. The summed E-state index contributed by atoms with van der Waals surface area (Å²) in [4.78, 5) is 29.9. The summed E-state index contributed by atoms with van der Waals surface area (Å²) >= 11 is 1.21. The molecule has 12 heteroatoms. The van der Waals surface area contributed by atoms with Gasteiger partial charge in [0.1, 0.15) is 10.6 Å². The number of fused-ring (bicyclic) bond motifs is 1. The van der Waals surface area contributed by atoms with Gasteiger partial charge in [-0.1, -0.05) is 29.5 Å². The third kappa shape index (κ3) is 4.53. The lowest BCUT2D eigenvalue weighted by molar-refractivity contribution is 0.0599. The SMILES string of the molecule is CC(C)(C)OC(=O)N(c1ccc2c(cnn2C(=O)O)c1)c1nnc(-c2cccc(-c3cnco3)c2)s1. The average molecular weight is 505 g/mol. The zero-order valence-electron chi connectivity index (χ0n) is 19.4. The number of carbonyl (C=O) groups is 2. The van der Waals surface area contributed by atoms with Crippen LogP contribution >= 0.6 is 11.3 Å². The first-order valence-corrected chi connectivity index (χ1v) is 11.6. The van der Waals surface area contributed by atoms with Crippen molar-refractivity contribution in [3.63, 3.8) is 0 Å². The van der Waals surface area contributed by atoms with E-state index in [-0.39, 0.29) is 5.13 Å². The topological polar surface area (TPSA) is 136 Å². The van der Waals surface area contributed by atoms with Crippen LogP contribution in [0.15, 0.2) is 65.7 Å². The Hall–Kier alpha value is -4.58. The van der Waals surface area contributed by atoms with Crippen molar-refractivity contribution in [2.45, 2.75) is 26.4 Å². The Morgan fingerprint density at radius 2 is 1.89 bits per heavy atom. The number of amides is 1. The van der Waals surface area contributed by atoms with E-state index in [9.17, 15) is 14.7 Å². The van der Waals surface area contributed by atoms with Gasteiger partial charge >= 0.3 is 12.2 Å². The molecule has 1 N–H and O–H groups in total. The fourth-order valence-corrected chi connectivity index (χ4v) is 4.35. The molecule has 182 valence electrons. The predicted molar refractivity (Wildman–Crippen MR) is 132 cm³/mol. The van der Waals surface area contributed by atoms with Gasteiger partial charge in [-0.05, 0) is 45.0 Å². The second-order valence-corrected chi connectivity index (χ2v) is 9.69. The summed E-state index contributed by atoms with van der Waals surface area (Å²) in [6.45, 7) is 5.30. The number of benzene rings is 2. The molecular weight excluding hydrogens is 484 g/mol. The van der Waals surface area contributed by atoms with Gasteiger partial charge in [-0.2, -0.15) is 9.78 Å². The third-order valence-electron chi connectivity index (χ3n) is 5.00. The van der Waals surface area contributed by atoms with Gasteiger partial charge in [-0.3, -0.25) is 0 Å². The largest absolute Gasteiger partial charge is 0.463 e. The summed E-state index contributed by atoms with van der Waals surface area (Å²) in [5.41, 5.74) is 1.67. The van der Waals surface area contributed by atoms with Gasteiger partial charge in [0.25, 0.3) is 0 Å². The molecule has 1 amide bonds. The minimum Gasteiger partial charge on any atom is -0.463 e. The monoisotopic (exact) mass is 504 g/mol. The van der Waals surface area contributed by atoms with E-state index < -0.39 is 17.8 Å². The standard InChI is InChI=1S/C24H20N6O5S/c1-24(2,3)35-23(33)29(17-7-8-18-16(10-17)11-26-30(18)22(31)32)21-28-27-20(36-21)15-6-4-5-14(9-15)19-12-25-13-34-19/h4-13H,1-3H3,(H,31,32). The molecule has 0 fully saturated rings. The van der Waals surface area contributed by atoms with Gasteiger partial charge in [0.2, 0.25) is 5.13 Å². The average Bonchev–Trinajstić information content (AvgIpc) is 3.58. The smallest absolute Gasteiger partial charge is 0.432 e. The molecule has 2 aromatic carbocycles. The Bertz CT molecular complexity index is 1570. The van der Waals surface area contributed by atoms with Crippen molar-refractivity contribution in [1.29, 1.82) is 0 Å². The maximum Gasteiger partial charge on any atom is 0.432 e. The van der Waals surface area contributed by atoms with Gasteiger partial charge in [-0.15, -0.1) is 10.2 Å². The lowest BCUT2D eigenvalue weighted by Gasteiger charge is -2.25. The van der Waals surface area contributed by atoms with Crippen LogP contribution in [0.3, 0.4) is 0 Å². The first kappa shape index (κ1) is 23.2. The number of carboxylic acid groups (broad SMARTS) is 1. The normalized spacial score (nSPS) is 11.5. The lowest BCUT2D eigenvalue weighted by atomic mass is 10.1. The van der Waals surface area contributed by atoms with Gasteiger partial charge in [0, 0.05) is 16.5 Å². The number of hydrogen-bond acceptors (Lipinski definition) is 9. The molecule has 5 rings (SSSR count). The zero-order chi connectivity index (χ0) is 25.4. The van der Waals surface area contributed by atoms with Crippen molar-refractivity contribution in [2.75, 3.05) is 4.90 Å². The lowest BCUT2D eigenvalue weighted by Crippen LogP contribution is -2.33. The van der Waals surface area contributed by atoms with Gasteiger partial charge in [0.15, 0.2) is 12.2 Å². The number of anilines is 2. The number of aromatic nitrogens is 5. The highest BCUT2D eigenvalue weighted by atomic mass is 32.1. The van der Waals surface area contributed by atoms with Crippen molar-refractivity contribution < 1.29 is 23.8 Å². The number of nitrogens with zero attached hydrogens (tertiary/aromatic N) is 6. The highest BCUT2D eigenvalue weighted by molar-refractivity contribution is 7.18. The Labute approximate surface area is 208 Å². The summed E-state index contributed by atoms with van der Waals surface area (Å²) in [6.07, 6.45) is 2.55. The summed E-state index contributed by atoms with van der Waals surface area (Å²) < 4.78 is 11.9. The summed E-state index contributed by atoms with van der Waals surface area (Å²) in [5, 5.41) is 23.2. The number of carbonyl (C=O) groups excluding carboxylic acids is 1. The van der Waals surface area contributed by atoms with Crippen LogP contribution in [-0.4, -0.2) is 47.9 Å². The van der Waals surface area contributed by atoms with Crippen LogP contribution in [0.5, 0.6) is 0 Å². The summed E-state index contributed by atoms with van der Waals surface area (Å²) in [6, 6.07) is 12.4. The second-order valence-electron chi connectivity index (χ2n) is 8.73. The van der Waals surface area contributed by atoms with Crippen LogP contribution in [0.25, 0.3) is 32.8 Å². The predicted octanol–water partition coefficient (Wildman–Crippen LogP) is 5.81. The van der Waals surface area contributed by atoms with Crippen LogP contribution in [0.1, 0.15) is 20.8 Å². The molecule has 5 aromatic rings. The molecule has 36 heavy (non-hydrogen) atoms. The molecule has 3 aromatic heterocycles. The van der Waals surface area contributed by atoms with Crippen LogP contribution in [0, 0.1) is 0 Å². The molecule has 11 nitrogen and oxygen atoms in total. The van der Waals surface area contributed by atoms with Gasteiger partial charge < -0.3 is 14.3 Å². The van der Waals surface area contributed by atoms with Crippen molar-refractivity contribution in [2.24, 2.45) is 0 Å². The first-order chi connectivity index (χ1) is 17.2. The highest BCUT2D eigenvalue weighted by Gasteiger charge is 2.28. The van der Waals surface area contributed by atoms with E-state index >= 15 is 0 Å². The van der Waals surface area contributed by atoms with Gasteiger partial charge in [0.05, 0.1) is 23.6 Å². The number of oxazole rings is 1. The number of rotatable bonds is 4. The van der Waals surface area contributed by atoms with E-state index in [1.165, 1.54) is 28.8 Å². The number of ether oxygens (including phenoxy) is 1. The van der Waals surface area contributed by atoms with Crippen molar-refractivity contribution in [3.05, 3.63) is 61.3 Å². The fourth-order valence-electron chi connectivity index (χ4n) is 3.50. The molecule has 0 aliphatic rings. The van der Waals surface area contributed by atoms with E-state index in [1.807, 2.05) is 24.3 Å². The van der Waals surface area contributed by atoms with E-state index in [1.54, 1.807) is 45.2 Å². The quantitative estimate of drug-likeness (QED) is 0.321. The molecule has 0 bridgehead atoms. The first-order valence-electron chi connectivity index (χ1n) is 10.8. The van der Waals surface area contributed by atoms with Crippen molar-refractivity contribution in [3.8, 4) is 21.9 Å².